The summed E-state index contributed by atoms with van der Waals surface area (Å²) in [6.07, 6.45) is 14.5. The summed E-state index contributed by atoms with van der Waals surface area (Å²) in [6.45, 7) is 10.4. The van der Waals surface area contributed by atoms with Crippen LogP contribution in [0.4, 0.5) is 0 Å². The second kappa shape index (κ2) is 14.1. The number of hydrogen-bond donors (Lipinski definition) is 2. The van der Waals surface area contributed by atoms with E-state index in [2.05, 4.69) is 43.0 Å². The van der Waals surface area contributed by atoms with Crippen molar-refractivity contribution < 1.29 is 27.3 Å². The zero-order valence-corrected chi connectivity index (χ0v) is 20.6. The van der Waals surface area contributed by atoms with E-state index in [1.54, 1.807) is 13.0 Å². The predicted octanol–water partition coefficient (Wildman–Crippen LogP) is 3.42. The number of carbonyl (C=O) groups is 2. The van der Waals surface area contributed by atoms with Crippen molar-refractivity contribution in [3.8, 4) is 0 Å². The summed E-state index contributed by atoms with van der Waals surface area (Å²) in [7, 11) is -3.41. The molecule has 1 rings (SSSR count). The first kappa shape index (κ1) is 31.6. The molecule has 0 spiro atoms. The van der Waals surface area contributed by atoms with E-state index < -0.39 is 33.8 Å². The molecule has 0 bridgehead atoms. The fourth-order valence-electron chi connectivity index (χ4n) is 3.62. The standard InChI is InChI=1S/C24H35NO6S.Na.H/c1-17(12-13-20-19(3)11-8-14-24(20,4)5)9-7-10-18(2)15-22(26)25-21(23(27)31-6)16-32(28,29)30;;/h7,9-10,12-13,15,21H,8,11,14,16H2,1-6H3,(H,25,26)(H,28,29,30);;/b10-7+,13-12+,17-9+,18-15+;;. The molecule has 180 valence electrons. The van der Waals surface area contributed by atoms with Crippen LogP contribution in [0.15, 0.2) is 58.7 Å². The van der Waals surface area contributed by atoms with Gasteiger partial charge in [0.25, 0.3) is 10.1 Å². The molecule has 0 radical (unpaired) electrons. The molecular formula is C24H36NNaO6S. The van der Waals surface area contributed by atoms with Crippen molar-refractivity contribution >= 4 is 51.6 Å². The van der Waals surface area contributed by atoms with Crippen molar-refractivity contribution in [3.05, 3.63) is 58.7 Å². The number of methoxy groups -OCH3 is 1. The van der Waals surface area contributed by atoms with Crippen molar-refractivity contribution in [3.63, 3.8) is 0 Å². The van der Waals surface area contributed by atoms with Gasteiger partial charge in [-0.25, -0.2) is 4.79 Å². The molecule has 1 atom stereocenters. The molecule has 1 amide bonds. The van der Waals surface area contributed by atoms with Crippen molar-refractivity contribution in [1.29, 1.82) is 0 Å². The fourth-order valence-corrected chi connectivity index (χ4v) is 4.26. The van der Waals surface area contributed by atoms with Gasteiger partial charge in [-0.05, 0) is 56.6 Å². The molecule has 7 nitrogen and oxygen atoms in total. The molecule has 9 heteroatoms. The molecule has 0 aromatic heterocycles. The van der Waals surface area contributed by atoms with Gasteiger partial charge in [-0.1, -0.05) is 55.4 Å². The van der Waals surface area contributed by atoms with Crippen LogP contribution < -0.4 is 5.32 Å². The Balaban J connectivity index is 0.0000102. The van der Waals surface area contributed by atoms with Crippen molar-refractivity contribution in [2.45, 2.75) is 59.9 Å². The quantitative estimate of drug-likeness (QED) is 0.169. The second-order valence-electron chi connectivity index (χ2n) is 8.76. The number of carbonyl (C=O) groups excluding carboxylic acids is 2. The Morgan fingerprint density at radius 2 is 1.85 bits per heavy atom. The summed E-state index contributed by atoms with van der Waals surface area (Å²) in [4.78, 5) is 23.7. The van der Waals surface area contributed by atoms with Gasteiger partial charge in [0, 0.05) is 6.08 Å². The zero-order chi connectivity index (χ0) is 24.5. The average molecular weight is 490 g/mol. The van der Waals surface area contributed by atoms with E-state index in [0.29, 0.717) is 5.57 Å². The molecule has 0 aromatic carbocycles. The number of amides is 1. The molecule has 0 aliphatic heterocycles. The van der Waals surface area contributed by atoms with E-state index in [9.17, 15) is 18.0 Å². The molecular weight excluding hydrogens is 453 g/mol. The Bertz CT molecular complexity index is 971. The van der Waals surface area contributed by atoms with Gasteiger partial charge in [0.1, 0.15) is 11.8 Å². The van der Waals surface area contributed by atoms with E-state index in [4.69, 9.17) is 4.55 Å². The Labute approximate surface area is 220 Å². The molecule has 0 saturated heterocycles. The van der Waals surface area contributed by atoms with Gasteiger partial charge in [-0.15, -0.1) is 0 Å². The Kier molecular flexibility index (Phi) is 13.4. The topological polar surface area (TPSA) is 110 Å². The summed E-state index contributed by atoms with van der Waals surface area (Å²) in [5.41, 5.74) is 4.65. The normalized spacial score (nSPS) is 18.3. The number of esters is 1. The van der Waals surface area contributed by atoms with Crippen LogP contribution in [0.1, 0.15) is 53.9 Å². The van der Waals surface area contributed by atoms with Crippen LogP contribution >= 0.6 is 0 Å². The summed E-state index contributed by atoms with van der Waals surface area (Å²) in [6, 6.07) is -1.50. The Morgan fingerprint density at radius 1 is 1.21 bits per heavy atom. The third-order valence-electron chi connectivity index (χ3n) is 5.31. The van der Waals surface area contributed by atoms with Gasteiger partial charge in [-0.3, -0.25) is 9.35 Å². The molecule has 1 aliphatic rings. The van der Waals surface area contributed by atoms with Gasteiger partial charge < -0.3 is 10.1 Å². The summed E-state index contributed by atoms with van der Waals surface area (Å²) >= 11 is 0. The SMILES string of the molecule is COC(=O)C(CS(=O)(=O)O)NC(=O)/C=C(C)/C=C/C=C(C)/C=C/C1=C(C)CCCC1(C)C.[NaH]. The Morgan fingerprint density at radius 3 is 2.39 bits per heavy atom. The van der Waals surface area contributed by atoms with Crippen LogP contribution in [0.5, 0.6) is 0 Å². The molecule has 0 aromatic rings. The van der Waals surface area contributed by atoms with E-state index in [1.807, 2.05) is 19.1 Å². The van der Waals surface area contributed by atoms with Crippen LogP contribution in [0.25, 0.3) is 0 Å². The zero-order valence-electron chi connectivity index (χ0n) is 19.8. The predicted molar refractivity (Wildman–Crippen MR) is 134 cm³/mol. The maximum atomic E-state index is 12.1. The van der Waals surface area contributed by atoms with Gasteiger partial charge in [-0.2, -0.15) is 8.42 Å². The van der Waals surface area contributed by atoms with Gasteiger partial charge in [0.15, 0.2) is 0 Å². The fraction of sp³-hybridized carbons (Fsp3) is 0.500. The van der Waals surface area contributed by atoms with Crippen molar-refractivity contribution in [2.75, 3.05) is 12.9 Å². The molecule has 33 heavy (non-hydrogen) atoms. The van der Waals surface area contributed by atoms with Crippen LogP contribution in [0.3, 0.4) is 0 Å². The molecule has 1 aliphatic carbocycles. The monoisotopic (exact) mass is 489 g/mol. The van der Waals surface area contributed by atoms with Crippen LogP contribution in [0, 0.1) is 5.41 Å². The molecule has 0 heterocycles. The average Bonchev–Trinajstić information content (AvgIpc) is 2.64. The van der Waals surface area contributed by atoms with Gasteiger partial charge >= 0.3 is 35.5 Å². The van der Waals surface area contributed by atoms with Crippen LogP contribution in [-0.4, -0.2) is 73.3 Å². The Hall–Kier alpha value is -1.45. The first-order valence-electron chi connectivity index (χ1n) is 10.5. The molecule has 2 N–H and O–H groups in total. The van der Waals surface area contributed by atoms with Crippen molar-refractivity contribution in [1.82, 2.24) is 5.32 Å². The number of ether oxygens (including phenoxy) is 1. The molecule has 0 saturated carbocycles. The summed E-state index contributed by atoms with van der Waals surface area (Å²) in [5.74, 6) is -2.60. The second-order valence-corrected chi connectivity index (χ2v) is 10.3. The van der Waals surface area contributed by atoms with Gasteiger partial charge in [0.2, 0.25) is 5.91 Å². The minimum absolute atomic E-state index is 0. The third kappa shape index (κ3) is 12.0. The van der Waals surface area contributed by atoms with E-state index in [-0.39, 0.29) is 35.0 Å². The van der Waals surface area contributed by atoms with E-state index in [0.717, 1.165) is 19.1 Å². The van der Waals surface area contributed by atoms with Crippen LogP contribution in [0.2, 0.25) is 0 Å². The van der Waals surface area contributed by atoms with E-state index in [1.165, 1.54) is 30.1 Å². The maximum absolute atomic E-state index is 12.1. The first-order chi connectivity index (χ1) is 14.7. The minimum atomic E-state index is -4.47. The molecule has 1 unspecified atom stereocenters. The van der Waals surface area contributed by atoms with E-state index >= 15 is 0 Å². The number of hydrogen-bond acceptors (Lipinski definition) is 5. The van der Waals surface area contributed by atoms with Crippen LogP contribution in [-0.2, 0) is 24.4 Å². The number of rotatable bonds is 9. The van der Waals surface area contributed by atoms with Crippen molar-refractivity contribution in [2.24, 2.45) is 5.41 Å². The summed E-state index contributed by atoms with van der Waals surface area (Å²) < 4.78 is 35.5. The third-order valence-corrected chi connectivity index (χ3v) is 6.07. The molecule has 0 fully saturated rings. The first-order valence-corrected chi connectivity index (χ1v) is 12.1. The number of allylic oxidation sites excluding steroid dienone is 9. The van der Waals surface area contributed by atoms with Gasteiger partial charge in [0.05, 0.1) is 7.11 Å². The number of nitrogens with one attached hydrogen (secondary N) is 1. The summed E-state index contributed by atoms with van der Waals surface area (Å²) in [5, 5.41) is 2.23.